The second-order valence-corrected chi connectivity index (χ2v) is 11.0. The topological polar surface area (TPSA) is 3.24 Å². The van der Waals surface area contributed by atoms with Crippen molar-refractivity contribution in [3.8, 4) is 11.1 Å². The van der Waals surface area contributed by atoms with Crippen LogP contribution in [0.3, 0.4) is 0 Å². The van der Waals surface area contributed by atoms with E-state index in [0.29, 0.717) is 10.8 Å². The molecule has 1 nitrogen and oxygen atoms in total. The van der Waals surface area contributed by atoms with Gasteiger partial charge in [-0.1, -0.05) is 80.6 Å². The fourth-order valence-corrected chi connectivity index (χ4v) is 6.64. The molecule has 6 rings (SSSR count). The summed E-state index contributed by atoms with van der Waals surface area (Å²) in [6.07, 6.45) is 3.96. The van der Waals surface area contributed by atoms with E-state index in [9.17, 15) is 0 Å². The SMILES string of the molecule is Cc1ccccc1N(c1ccc(-c2ccc3c(c2)C2(C)CCC3(C)C2)cc1)c1ccccc1C. The lowest BCUT2D eigenvalue weighted by atomic mass is 9.77. The summed E-state index contributed by atoms with van der Waals surface area (Å²) in [5.41, 5.74) is 12.7. The van der Waals surface area contributed by atoms with E-state index in [4.69, 9.17) is 0 Å². The Hall–Kier alpha value is -3.32. The van der Waals surface area contributed by atoms with Crippen LogP contribution in [-0.4, -0.2) is 0 Å². The van der Waals surface area contributed by atoms with Crippen molar-refractivity contribution in [1.82, 2.24) is 0 Å². The Balaban J connectivity index is 1.41. The van der Waals surface area contributed by atoms with E-state index in [1.807, 2.05) is 0 Å². The number of benzene rings is 4. The highest BCUT2D eigenvalue weighted by Gasteiger charge is 2.52. The lowest BCUT2D eigenvalue weighted by Crippen LogP contribution is -2.17. The van der Waals surface area contributed by atoms with Crippen LogP contribution in [-0.2, 0) is 10.8 Å². The molecule has 0 radical (unpaired) electrons. The predicted molar refractivity (Wildman–Crippen MR) is 145 cm³/mol. The lowest BCUT2D eigenvalue weighted by Gasteiger charge is -2.29. The highest BCUT2D eigenvalue weighted by Crippen LogP contribution is 2.60. The highest BCUT2D eigenvalue weighted by atomic mass is 15.1. The van der Waals surface area contributed by atoms with Crippen LogP contribution < -0.4 is 4.90 Å². The quantitative estimate of drug-likeness (QED) is 0.304. The number of fused-ring (bicyclic) bond motifs is 5. The summed E-state index contributed by atoms with van der Waals surface area (Å²) >= 11 is 0. The largest absolute Gasteiger partial charge is 0.310 e. The number of rotatable bonds is 4. The van der Waals surface area contributed by atoms with Gasteiger partial charge in [0, 0.05) is 17.1 Å². The van der Waals surface area contributed by atoms with Crippen LogP contribution in [0.1, 0.15) is 55.4 Å². The first-order valence-corrected chi connectivity index (χ1v) is 12.5. The minimum atomic E-state index is 0.354. The van der Waals surface area contributed by atoms with Crippen LogP contribution in [0.2, 0.25) is 0 Å². The smallest absolute Gasteiger partial charge is 0.0490 e. The Morgan fingerprint density at radius 1 is 0.588 bits per heavy atom. The zero-order chi connectivity index (χ0) is 23.5. The third-order valence-electron chi connectivity index (χ3n) is 8.50. The molecule has 0 amide bonds. The average Bonchev–Trinajstić information content (AvgIpc) is 3.29. The molecular formula is C33H33N. The van der Waals surface area contributed by atoms with Crippen LogP contribution in [0.5, 0.6) is 0 Å². The number of hydrogen-bond donors (Lipinski definition) is 0. The van der Waals surface area contributed by atoms with E-state index in [1.54, 1.807) is 11.1 Å². The molecule has 2 aliphatic rings. The minimum absolute atomic E-state index is 0.354. The summed E-state index contributed by atoms with van der Waals surface area (Å²) in [4.78, 5) is 2.39. The van der Waals surface area contributed by atoms with Gasteiger partial charge in [-0.3, -0.25) is 0 Å². The van der Waals surface area contributed by atoms with E-state index in [2.05, 4.69) is 124 Å². The fraction of sp³-hybridized carbons (Fsp3) is 0.273. The van der Waals surface area contributed by atoms with Gasteiger partial charge in [-0.05, 0) is 102 Å². The molecule has 0 aromatic heterocycles. The summed E-state index contributed by atoms with van der Waals surface area (Å²) in [7, 11) is 0. The van der Waals surface area contributed by atoms with Gasteiger partial charge >= 0.3 is 0 Å². The molecule has 170 valence electrons. The fourth-order valence-electron chi connectivity index (χ4n) is 6.64. The van der Waals surface area contributed by atoms with Gasteiger partial charge in [0.05, 0.1) is 0 Å². The molecule has 1 saturated carbocycles. The van der Waals surface area contributed by atoms with Crippen LogP contribution in [0.25, 0.3) is 11.1 Å². The van der Waals surface area contributed by atoms with Gasteiger partial charge in [0.25, 0.3) is 0 Å². The molecule has 0 spiro atoms. The van der Waals surface area contributed by atoms with Crippen LogP contribution in [0.4, 0.5) is 17.1 Å². The van der Waals surface area contributed by atoms with Gasteiger partial charge in [-0.15, -0.1) is 0 Å². The normalized spacial score (nSPS) is 22.6. The lowest BCUT2D eigenvalue weighted by molar-refractivity contribution is 0.484. The maximum Gasteiger partial charge on any atom is 0.0490 e. The maximum atomic E-state index is 2.48. The van der Waals surface area contributed by atoms with Crippen molar-refractivity contribution in [3.05, 3.63) is 113 Å². The molecule has 1 fully saturated rings. The van der Waals surface area contributed by atoms with Crippen molar-refractivity contribution >= 4 is 17.1 Å². The van der Waals surface area contributed by atoms with E-state index in [0.717, 1.165) is 0 Å². The standard InChI is InChI=1S/C33H33N/c1-23-9-5-7-11-30(23)34(31-12-8-6-10-24(31)2)27-16-13-25(14-17-27)26-15-18-28-29(21-26)33(4)20-19-32(28,3)22-33/h5-18,21H,19-20,22H2,1-4H3. The Kier molecular flexibility index (Phi) is 4.74. The first kappa shape index (κ1) is 21.2. The van der Waals surface area contributed by atoms with E-state index < -0.39 is 0 Å². The van der Waals surface area contributed by atoms with Crippen LogP contribution in [0.15, 0.2) is 91.0 Å². The van der Waals surface area contributed by atoms with Crippen molar-refractivity contribution in [1.29, 1.82) is 0 Å². The summed E-state index contributed by atoms with van der Waals surface area (Å²) in [5, 5.41) is 0. The number of aryl methyl sites for hydroxylation is 2. The molecule has 0 heterocycles. The van der Waals surface area contributed by atoms with Crippen molar-refractivity contribution in [3.63, 3.8) is 0 Å². The molecule has 2 atom stereocenters. The summed E-state index contributed by atoms with van der Waals surface area (Å²) < 4.78 is 0. The number of para-hydroxylation sites is 2. The van der Waals surface area contributed by atoms with Crippen molar-refractivity contribution in [2.45, 2.75) is 57.8 Å². The van der Waals surface area contributed by atoms with Gasteiger partial charge in [0.15, 0.2) is 0 Å². The second kappa shape index (κ2) is 7.60. The Bertz CT molecular complexity index is 1340. The molecule has 0 saturated heterocycles. The third kappa shape index (κ3) is 3.21. The van der Waals surface area contributed by atoms with Crippen molar-refractivity contribution < 1.29 is 0 Å². The van der Waals surface area contributed by atoms with Gasteiger partial charge in [-0.2, -0.15) is 0 Å². The molecule has 0 aliphatic heterocycles. The van der Waals surface area contributed by atoms with E-state index >= 15 is 0 Å². The van der Waals surface area contributed by atoms with Gasteiger partial charge in [0.2, 0.25) is 0 Å². The first-order chi connectivity index (χ1) is 16.4. The van der Waals surface area contributed by atoms with Gasteiger partial charge in [0.1, 0.15) is 0 Å². The zero-order valence-corrected chi connectivity index (χ0v) is 20.7. The van der Waals surface area contributed by atoms with Gasteiger partial charge in [-0.25, -0.2) is 0 Å². The molecule has 4 aromatic rings. The Morgan fingerprint density at radius 2 is 1.12 bits per heavy atom. The Morgan fingerprint density at radius 3 is 1.71 bits per heavy atom. The van der Waals surface area contributed by atoms with Crippen LogP contribution in [0, 0.1) is 13.8 Å². The molecule has 4 aromatic carbocycles. The van der Waals surface area contributed by atoms with E-state index in [1.165, 1.54) is 58.6 Å². The average molecular weight is 444 g/mol. The second-order valence-electron chi connectivity index (χ2n) is 11.0. The molecule has 2 unspecified atom stereocenters. The third-order valence-corrected chi connectivity index (χ3v) is 8.50. The predicted octanol–water partition coefficient (Wildman–Crippen LogP) is 9.15. The molecule has 0 N–H and O–H groups in total. The van der Waals surface area contributed by atoms with Crippen LogP contribution >= 0.6 is 0 Å². The Labute approximate surface area is 204 Å². The maximum absolute atomic E-state index is 2.48. The number of hydrogen-bond acceptors (Lipinski definition) is 1. The summed E-state index contributed by atoms with van der Waals surface area (Å²) in [6.45, 7) is 9.31. The minimum Gasteiger partial charge on any atom is -0.310 e. The van der Waals surface area contributed by atoms with Crippen molar-refractivity contribution in [2.75, 3.05) is 4.90 Å². The molecular weight excluding hydrogens is 410 g/mol. The number of anilines is 3. The van der Waals surface area contributed by atoms with E-state index in [-0.39, 0.29) is 0 Å². The zero-order valence-electron chi connectivity index (χ0n) is 20.7. The monoisotopic (exact) mass is 443 g/mol. The number of nitrogens with zero attached hydrogens (tertiary/aromatic N) is 1. The summed E-state index contributed by atoms with van der Waals surface area (Å²) in [6, 6.07) is 33.6. The first-order valence-electron chi connectivity index (χ1n) is 12.5. The molecule has 2 bridgehead atoms. The summed E-state index contributed by atoms with van der Waals surface area (Å²) in [5.74, 6) is 0. The molecule has 34 heavy (non-hydrogen) atoms. The highest BCUT2D eigenvalue weighted by molar-refractivity contribution is 5.81. The molecule has 2 aliphatic carbocycles. The molecule has 1 heteroatoms. The van der Waals surface area contributed by atoms with Gasteiger partial charge < -0.3 is 4.90 Å². The van der Waals surface area contributed by atoms with Crippen molar-refractivity contribution in [2.24, 2.45) is 0 Å².